The number of nitrogens with zero attached hydrogens (tertiary/aromatic N) is 2. The minimum atomic E-state index is 1.02. The molecule has 3 rings (SSSR count). The minimum Gasteiger partial charge on any atom is -0.493 e. The van der Waals surface area contributed by atoms with Crippen LogP contribution in [0.25, 0.3) is 16.9 Å². The van der Waals surface area contributed by atoms with Crippen LogP contribution in [-0.4, -0.2) is 4.70 Å². The first kappa shape index (κ1) is 34.0. The van der Waals surface area contributed by atoms with Crippen molar-refractivity contribution >= 4 is 11.4 Å². The van der Waals surface area contributed by atoms with Crippen LogP contribution in [0.3, 0.4) is 0 Å². The summed E-state index contributed by atoms with van der Waals surface area (Å²) in [4.78, 5) is 0. The van der Waals surface area contributed by atoms with Crippen LogP contribution in [0.1, 0.15) is 166 Å². The number of hydrogen-bond donors (Lipinski definition) is 0. The monoisotopic (exact) mass is 568 g/mol. The number of unbranched alkanes of at least 4 members (excludes halogenated alkanes) is 12. The molecule has 0 spiro atoms. The highest BCUT2D eigenvalue weighted by Gasteiger charge is 2.35. The Morgan fingerprint density at radius 2 is 0.833 bits per heavy atom. The van der Waals surface area contributed by atoms with E-state index in [0.29, 0.717) is 0 Å². The first-order chi connectivity index (χ1) is 20.6. The van der Waals surface area contributed by atoms with Gasteiger partial charge in [-0.1, -0.05) is 129 Å². The highest BCUT2D eigenvalue weighted by Crippen LogP contribution is 2.44. The Morgan fingerprint density at radius 1 is 0.452 bits per heavy atom. The lowest BCUT2D eigenvalue weighted by atomic mass is 9.91. The van der Waals surface area contributed by atoms with Crippen LogP contribution in [0.5, 0.6) is 0 Å². The van der Waals surface area contributed by atoms with Crippen LogP contribution in [0.4, 0.5) is 0 Å². The largest absolute Gasteiger partial charge is 0.493 e. The molecule has 0 unspecified atom stereocenters. The molecule has 0 aromatic heterocycles. The Labute approximate surface area is 259 Å². The van der Waals surface area contributed by atoms with E-state index in [4.69, 9.17) is 0 Å². The van der Waals surface area contributed by atoms with Gasteiger partial charge in [-0.3, -0.25) is 0 Å². The van der Waals surface area contributed by atoms with Gasteiger partial charge in [0.25, 0.3) is 0 Å². The zero-order valence-electron chi connectivity index (χ0n) is 27.7. The van der Waals surface area contributed by atoms with Crippen molar-refractivity contribution in [2.45, 2.75) is 156 Å². The lowest BCUT2D eigenvalue weighted by Crippen LogP contribution is -2.03. The van der Waals surface area contributed by atoms with E-state index in [1.807, 2.05) is 0 Å². The van der Waals surface area contributed by atoms with Gasteiger partial charge >= 0.3 is 0 Å². The molecule has 1 heterocycles. The predicted octanol–water partition coefficient (Wildman–Crippen LogP) is 13.0. The zero-order valence-corrected chi connectivity index (χ0v) is 27.7. The Kier molecular flexibility index (Phi) is 15.9. The summed E-state index contributed by atoms with van der Waals surface area (Å²) < 4.78 is 1.59. The lowest BCUT2D eigenvalue weighted by molar-refractivity contribution is -0.345. The van der Waals surface area contributed by atoms with Gasteiger partial charge in [0.1, 0.15) is 0 Å². The van der Waals surface area contributed by atoms with E-state index in [0.717, 1.165) is 49.9 Å². The summed E-state index contributed by atoms with van der Waals surface area (Å²) in [6.45, 7) is 9.12. The second-order valence-electron chi connectivity index (χ2n) is 12.6. The smallest absolute Gasteiger partial charge is 0.211 e. The van der Waals surface area contributed by atoms with Crippen molar-refractivity contribution in [1.29, 1.82) is 0 Å². The normalized spacial score (nSPS) is 13.6. The average molecular weight is 569 g/mol. The Morgan fingerprint density at radius 3 is 1.31 bits per heavy atom. The highest BCUT2D eigenvalue weighted by molar-refractivity contribution is 5.82. The van der Waals surface area contributed by atoms with Gasteiger partial charge in [0.05, 0.1) is 0 Å². The van der Waals surface area contributed by atoms with E-state index in [9.17, 15) is 5.53 Å². The van der Waals surface area contributed by atoms with Crippen molar-refractivity contribution in [2.75, 3.05) is 0 Å². The molecule has 0 aliphatic carbocycles. The van der Waals surface area contributed by atoms with Crippen LogP contribution < -0.4 is 0 Å². The molecule has 230 valence electrons. The van der Waals surface area contributed by atoms with Crippen LogP contribution in [0, 0.1) is 0 Å². The molecule has 2 nitrogen and oxygen atoms in total. The zero-order chi connectivity index (χ0) is 30.0. The molecule has 0 fully saturated rings. The topological polar surface area (TPSA) is 25.3 Å². The number of hydrogen-bond acceptors (Lipinski definition) is 0. The molecule has 0 N–H and O–H groups in total. The maximum absolute atomic E-state index is 12.1. The van der Waals surface area contributed by atoms with Crippen molar-refractivity contribution in [3.63, 3.8) is 0 Å². The molecule has 0 radical (unpaired) electrons. The number of rotatable bonds is 22. The average Bonchev–Trinajstić information content (AvgIpc) is 3.29. The molecule has 0 atom stereocenters. The molecule has 0 saturated heterocycles. The molecule has 2 aromatic carbocycles. The van der Waals surface area contributed by atoms with Gasteiger partial charge in [0, 0.05) is 22.3 Å². The van der Waals surface area contributed by atoms with Crippen molar-refractivity contribution in [1.82, 2.24) is 0 Å². The van der Waals surface area contributed by atoms with Gasteiger partial charge in [-0.15, -0.1) is 0 Å². The van der Waals surface area contributed by atoms with Gasteiger partial charge < -0.3 is 5.53 Å². The quantitative estimate of drug-likeness (QED) is 0.0997. The standard InChI is InChI=1S/C40H60N2/c1-5-9-13-16-17-20-30-38-37(29-12-8-4)39(35-27-21-25-33(31-35)23-18-14-10-6-2)42(41)40(38)36-28-22-26-34(32-36)24-19-15-11-7-3/h21-22,25-28,31-32H,5-20,23-24,29-30H2,1-4H3. The maximum atomic E-state index is 12.1. The molecule has 0 amide bonds. The summed E-state index contributed by atoms with van der Waals surface area (Å²) in [5.74, 6) is 0. The third-order valence-corrected chi connectivity index (χ3v) is 8.96. The van der Waals surface area contributed by atoms with E-state index in [2.05, 4.69) is 76.2 Å². The summed E-state index contributed by atoms with van der Waals surface area (Å²) in [6.07, 6.45) is 24.5. The third-order valence-electron chi connectivity index (χ3n) is 8.96. The van der Waals surface area contributed by atoms with E-state index in [1.165, 1.54) is 123 Å². The molecule has 2 aromatic rings. The molecule has 1 aliphatic heterocycles. The fraction of sp³-hybridized carbons (Fsp3) is 0.600. The number of aryl methyl sites for hydroxylation is 2. The van der Waals surface area contributed by atoms with E-state index in [-0.39, 0.29) is 0 Å². The molecule has 42 heavy (non-hydrogen) atoms. The minimum absolute atomic E-state index is 1.02. The Bertz CT molecular complexity index is 1150. The molecular weight excluding hydrogens is 508 g/mol. The molecule has 1 aliphatic rings. The molecule has 0 saturated carbocycles. The van der Waals surface area contributed by atoms with E-state index in [1.54, 1.807) is 4.70 Å². The highest BCUT2D eigenvalue weighted by atomic mass is 15.2. The summed E-state index contributed by atoms with van der Waals surface area (Å²) in [5, 5.41) is 0. The molecule has 2 heteroatoms. The molecule has 0 bridgehead atoms. The summed E-state index contributed by atoms with van der Waals surface area (Å²) in [7, 11) is 0. The van der Waals surface area contributed by atoms with Crippen molar-refractivity contribution < 1.29 is 4.70 Å². The number of benzene rings is 2. The van der Waals surface area contributed by atoms with Crippen molar-refractivity contribution in [3.8, 4) is 0 Å². The van der Waals surface area contributed by atoms with Gasteiger partial charge in [-0.2, -0.15) is 0 Å². The lowest BCUT2D eigenvalue weighted by Gasteiger charge is -2.12. The molecular formula is C40H60N2. The van der Waals surface area contributed by atoms with Crippen LogP contribution in [0.2, 0.25) is 0 Å². The fourth-order valence-electron chi connectivity index (χ4n) is 6.48. The van der Waals surface area contributed by atoms with Gasteiger partial charge in [0.2, 0.25) is 11.4 Å². The van der Waals surface area contributed by atoms with Gasteiger partial charge in [0.15, 0.2) is 0 Å². The number of allylic oxidation sites excluding steroid dienone is 2. The van der Waals surface area contributed by atoms with Crippen molar-refractivity contribution in [2.24, 2.45) is 0 Å². The van der Waals surface area contributed by atoms with Crippen LogP contribution >= 0.6 is 0 Å². The van der Waals surface area contributed by atoms with E-state index >= 15 is 0 Å². The first-order valence-electron chi connectivity index (χ1n) is 17.8. The first-order valence-corrected chi connectivity index (χ1v) is 17.8. The predicted molar refractivity (Wildman–Crippen MR) is 184 cm³/mol. The van der Waals surface area contributed by atoms with Crippen LogP contribution in [-0.2, 0) is 12.8 Å². The maximum Gasteiger partial charge on any atom is 0.211 e. The fourth-order valence-corrected chi connectivity index (χ4v) is 6.48. The Hall–Kier alpha value is -2.48. The SMILES string of the molecule is CCCCCCCCC1=C(c2cccc(CCCCCC)c2)[N+](=[N-])C(c2cccc(CCCCCC)c2)=C1CCCC. The van der Waals surface area contributed by atoms with Gasteiger partial charge in [-0.05, 0) is 86.8 Å². The second-order valence-corrected chi connectivity index (χ2v) is 12.6. The Balaban J connectivity index is 1.97. The van der Waals surface area contributed by atoms with Crippen LogP contribution in [0.15, 0.2) is 59.7 Å². The van der Waals surface area contributed by atoms with Gasteiger partial charge in [-0.25, -0.2) is 4.70 Å². The third kappa shape index (κ3) is 10.4. The second kappa shape index (κ2) is 19.7. The van der Waals surface area contributed by atoms with E-state index < -0.39 is 0 Å². The summed E-state index contributed by atoms with van der Waals surface area (Å²) >= 11 is 0. The van der Waals surface area contributed by atoms with Crippen molar-refractivity contribution in [3.05, 3.63) is 87.5 Å². The summed E-state index contributed by atoms with van der Waals surface area (Å²) in [6, 6.07) is 18.1. The summed E-state index contributed by atoms with van der Waals surface area (Å²) in [5.41, 5.74) is 22.0.